The van der Waals surface area contributed by atoms with Gasteiger partial charge in [0.1, 0.15) is 11.5 Å². The predicted octanol–water partition coefficient (Wildman–Crippen LogP) is 4.22. The molecular weight excluding hydrogens is 438 g/mol. The minimum absolute atomic E-state index is 0.0388. The Morgan fingerprint density at radius 1 is 1.09 bits per heavy atom. The average molecular weight is 472 g/mol. The number of pyridine rings is 2. The third-order valence-electron chi connectivity index (χ3n) is 8.83. The molecule has 0 fully saturated rings. The fraction of sp³-hybridized carbons (Fsp3) is 0.483. The summed E-state index contributed by atoms with van der Waals surface area (Å²) in [6.45, 7) is 10.3. The molecule has 1 aliphatic carbocycles. The lowest BCUT2D eigenvalue weighted by Crippen LogP contribution is -2.41. The van der Waals surface area contributed by atoms with Gasteiger partial charge in [0.2, 0.25) is 0 Å². The fourth-order valence-electron chi connectivity index (χ4n) is 6.49. The minimum atomic E-state index is -0.616. The van der Waals surface area contributed by atoms with E-state index in [4.69, 9.17) is 9.72 Å². The molecule has 6 rings (SSSR count). The summed E-state index contributed by atoms with van der Waals surface area (Å²) in [5, 5.41) is 1.10. The van der Waals surface area contributed by atoms with Gasteiger partial charge in [-0.1, -0.05) is 6.92 Å². The van der Waals surface area contributed by atoms with Crippen molar-refractivity contribution < 1.29 is 9.53 Å². The van der Waals surface area contributed by atoms with Crippen LogP contribution in [0.15, 0.2) is 10.9 Å². The van der Waals surface area contributed by atoms with E-state index in [1.54, 1.807) is 0 Å². The van der Waals surface area contributed by atoms with Crippen molar-refractivity contribution in [3.8, 4) is 17.1 Å². The van der Waals surface area contributed by atoms with Crippen LogP contribution in [0.4, 0.5) is 0 Å². The van der Waals surface area contributed by atoms with Crippen LogP contribution in [-0.4, -0.2) is 40.9 Å². The van der Waals surface area contributed by atoms with Crippen molar-refractivity contribution in [2.45, 2.75) is 71.9 Å². The van der Waals surface area contributed by atoms with E-state index in [0.29, 0.717) is 32.4 Å². The molecule has 4 heterocycles. The van der Waals surface area contributed by atoms with Crippen LogP contribution >= 0.6 is 0 Å². The Morgan fingerprint density at radius 3 is 2.57 bits per heavy atom. The Hall–Kier alpha value is -2.99. The Labute approximate surface area is 205 Å². The van der Waals surface area contributed by atoms with E-state index >= 15 is 0 Å². The van der Waals surface area contributed by atoms with Crippen LogP contribution in [0.1, 0.15) is 65.6 Å². The summed E-state index contributed by atoms with van der Waals surface area (Å²) in [6, 6.07) is 2.10. The second kappa shape index (κ2) is 7.50. The lowest BCUT2D eigenvalue weighted by atomic mass is 9.69. The molecule has 0 amide bonds. The molecule has 0 N–H and O–H groups in total. The highest BCUT2D eigenvalue weighted by molar-refractivity contribution is 5.97. The summed E-state index contributed by atoms with van der Waals surface area (Å²) in [7, 11) is 4.15. The van der Waals surface area contributed by atoms with E-state index < -0.39 is 5.41 Å². The molecule has 0 unspecified atom stereocenters. The molecule has 1 aromatic carbocycles. The van der Waals surface area contributed by atoms with Crippen LogP contribution in [0.3, 0.4) is 0 Å². The third kappa shape index (κ3) is 2.89. The number of hydrogen-bond donors (Lipinski definition) is 0. The lowest BCUT2D eigenvalue weighted by molar-refractivity contribution is -0.124. The number of aromatic nitrogens is 2. The largest absolute Gasteiger partial charge is 0.492 e. The first-order valence-electron chi connectivity index (χ1n) is 12.7. The molecule has 2 aromatic heterocycles. The number of benzene rings is 1. The Balaban J connectivity index is 1.71. The van der Waals surface area contributed by atoms with Gasteiger partial charge in [-0.05, 0) is 76.0 Å². The molecule has 6 nitrogen and oxygen atoms in total. The number of hydrogen-bond acceptors (Lipinski definition) is 5. The smallest absolute Gasteiger partial charge is 0.254 e. The first-order chi connectivity index (χ1) is 16.7. The lowest BCUT2D eigenvalue weighted by Gasteiger charge is -2.33. The molecular formula is C29H33N3O3. The van der Waals surface area contributed by atoms with Gasteiger partial charge in [-0.25, -0.2) is 4.98 Å². The van der Waals surface area contributed by atoms with Crippen LogP contribution in [0, 0.1) is 13.8 Å². The number of nitrogens with zero attached hydrogens (tertiary/aromatic N) is 3. The van der Waals surface area contributed by atoms with Gasteiger partial charge >= 0.3 is 0 Å². The van der Waals surface area contributed by atoms with Crippen molar-refractivity contribution in [3.63, 3.8) is 0 Å². The molecule has 0 spiro atoms. The molecule has 1 atom stereocenters. The maximum atomic E-state index is 13.8. The van der Waals surface area contributed by atoms with Crippen LogP contribution in [-0.2, 0) is 36.1 Å². The van der Waals surface area contributed by atoms with Crippen molar-refractivity contribution >= 4 is 16.7 Å². The van der Waals surface area contributed by atoms with Crippen molar-refractivity contribution in [1.82, 2.24) is 14.5 Å². The summed E-state index contributed by atoms with van der Waals surface area (Å²) in [4.78, 5) is 34.2. The highest BCUT2D eigenvalue weighted by atomic mass is 16.5. The van der Waals surface area contributed by atoms with E-state index in [-0.39, 0.29) is 11.3 Å². The van der Waals surface area contributed by atoms with Gasteiger partial charge in [-0.15, -0.1) is 0 Å². The topological polar surface area (TPSA) is 64.4 Å². The number of carbonyl (C=O) groups excluding carboxylic acids is 1. The molecule has 182 valence electrons. The molecule has 0 saturated carbocycles. The number of ether oxygens (including phenoxy) is 1. The molecule has 0 radical (unpaired) electrons. The van der Waals surface area contributed by atoms with E-state index in [1.807, 2.05) is 18.4 Å². The number of carbonyl (C=O) groups is 1. The maximum absolute atomic E-state index is 13.8. The number of aryl methyl sites for hydroxylation is 1. The average Bonchev–Trinajstić information content (AvgIpc) is 3.45. The predicted molar refractivity (Wildman–Crippen MR) is 138 cm³/mol. The SMILES string of the molecule is CC[C@@]1(C)C(=O)CCc2c1cc1n(c2=O)Cc2c-1nc1c(C)c(C)c3c(c1c2CN(C)C)OCC3. The van der Waals surface area contributed by atoms with E-state index in [2.05, 4.69) is 38.9 Å². The number of fused-ring (bicyclic) bond motifs is 7. The van der Waals surface area contributed by atoms with Crippen LogP contribution < -0.4 is 10.3 Å². The van der Waals surface area contributed by atoms with Crippen LogP contribution in [0.5, 0.6) is 5.75 Å². The molecule has 0 bridgehead atoms. The quantitative estimate of drug-likeness (QED) is 0.448. The Morgan fingerprint density at radius 2 is 1.86 bits per heavy atom. The fourth-order valence-corrected chi connectivity index (χ4v) is 6.49. The van der Waals surface area contributed by atoms with Gasteiger partial charge < -0.3 is 14.2 Å². The van der Waals surface area contributed by atoms with Crippen molar-refractivity contribution in [3.05, 3.63) is 55.4 Å². The summed E-state index contributed by atoms with van der Waals surface area (Å²) < 4.78 is 8.09. The zero-order valence-corrected chi connectivity index (χ0v) is 21.6. The normalized spacial score (nSPS) is 20.1. The van der Waals surface area contributed by atoms with Crippen LogP contribution in [0.25, 0.3) is 22.3 Å². The molecule has 6 heteroatoms. The Kier molecular flexibility index (Phi) is 4.82. The summed E-state index contributed by atoms with van der Waals surface area (Å²) in [5.74, 6) is 1.20. The van der Waals surface area contributed by atoms with Gasteiger partial charge in [0.15, 0.2) is 0 Å². The van der Waals surface area contributed by atoms with Crippen molar-refractivity contribution in [2.75, 3.05) is 20.7 Å². The van der Waals surface area contributed by atoms with Crippen molar-refractivity contribution in [2.24, 2.45) is 0 Å². The highest BCUT2D eigenvalue weighted by Crippen LogP contribution is 2.46. The first kappa shape index (κ1) is 22.5. The van der Waals surface area contributed by atoms with Gasteiger partial charge in [0, 0.05) is 41.5 Å². The zero-order chi connectivity index (χ0) is 24.8. The maximum Gasteiger partial charge on any atom is 0.254 e. The van der Waals surface area contributed by atoms with Gasteiger partial charge in [-0.3, -0.25) is 9.59 Å². The van der Waals surface area contributed by atoms with E-state index in [1.165, 1.54) is 22.3 Å². The minimum Gasteiger partial charge on any atom is -0.492 e. The Bertz CT molecular complexity index is 1510. The second-order valence-corrected chi connectivity index (χ2v) is 11.0. The molecule has 0 saturated heterocycles. The first-order valence-corrected chi connectivity index (χ1v) is 12.7. The number of rotatable bonds is 3. The van der Waals surface area contributed by atoms with E-state index in [0.717, 1.165) is 57.7 Å². The summed E-state index contributed by atoms with van der Waals surface area (Å²) in [6.07, 6.45) is 2.58. The number of ketones is 1. The zero-order valence-electron chi connectivity index (χ0n) is 21.6. The van der Waals surface area contributed by atoms with E-state index in [9.17, 15) is 9.59 Å². The van der Waals surface area contributed by atoms with Gasteiger partial charge in [0.25, 0.3) is 5.56 Å². The second-order valence-electron chi connectivity index (χ2n) is 11.0. The molecule has 2 aliphatic heterocycles. The van der Waals surface area contributed by atoms with Gasteiger partial charge in [-0.2, -0.15) is 0 Å². The summed E-state index contributed by atoms with van der Waals surface area (Å²) >= 11 is 0. The third-order valence-corrected chi connectivity index (χ3v) is 8.83. The van der Waals surface area contributed by atoms with Gasteiger partial charge in [0.05, 0.1) is 35.5 Å². The monoisotopic (exact) mass is 471 g/mol. The molecule has 3 aliphatic rings. The number of Topliss-reactive ketones (excluding diaryl/α,β-unsaturated/α-hetero) is 1. The molecule has 35 heavy (non-hydrogen) atoms. The van der Waals surface area contributed by atoms with Crippen molar-refractivity contribution in [1.29, 1.82) is 0 Å². The highest BCUT2D eigenvalue weighted by Gasteiger charge is 2.41. The standard InChI is InChI=1S/C29H33N3O3/c1-7-29(4)21-12-22-26-20(14-32(22)28(34)18(21)8-9-23(29)33)19(13-31(5)6)24-25(30-26)16(3)15(2)17-10-11-35-27(17)24/h12H,7-11,13-14H2,1-6H3/t29-/m1/s1. The molecule has 3 aromatic rings. The summed E-state index contributed by atoms with van der Waals surface area (Å²) in [5.41, 5.74) is 9.85. The van der Waals surface area contributed by atoms with Crippen LogP contribution in [0.2, 0.25) is 0 Å².